The first-order valence-electron chi connectivity index (χ1n) is 8.97. The highest BCUT2D eigenvalue weighted by molar-refractivity contribution is 8.14. The average molecular weight is 421 g/mol. The van der Waals surface area contributed by atoms with Crippen LogP contribution in [0.4, 0.5) is 4.79 Å². The maximum atomic E-state index is 12.7. The van der Waals surface area contributed by atoms with E-state index >= 15 is 0 Å². The van der Waals surface area contributed by atoms with Gasteiger partial charge in [-0.25, -0.2) is 0 Å². The van der Waals surface area contributed by atoms with Crippen molar-refractivity contribution in [3.8, 4) is 0 Å². The minimum absolute atomic E-state index is 0.113. The van der Waals surface area contributed by atoms with Gasteiger partial charge in [0, 0.05) is 11.1 Å². The molecule has 146 valence electrons. The summed E-state index contributed by atoms with van der Waals surface area (Å²) < 4.78 is 5.58. The molecule has 2 atom stereocenters. The van der Waals surface area contributed by atoms with Gasteiger partial charge in [0.05, 0.1) is 23.2 Å². The third-order valence-electron chi connectivity index (χ3n) is 5.08. The van der Waals surface area contributed by atoms with Gasteiger partial charge in [-0.05, 0) is 31.0 Å². The van der Waals surface area contributed by atoms with Gasteiger partial charge in [-0.2, -0.15) is 0 Å². The first-order chi connectivity index (χ1) is 13.4. The van der Waals surface area contributed by atoms with E-state index in [0.717, 1.165) is 30.7 Å². The van der Waals surface area contributed by atoms with Crippen LogP contribution in [0.15, 0.2) is 33.5 Å². The lowest BCUT2D eigenvalue weighted by Crippen LogP contribution is -2.54. The number of hydrogen-bond donors (Lipinski definition) is 1. The number of hydrogen-bond acceptors (Lipinski definition) is 6. The first-order valence-corrected chi connectivity index (χ1v) is 10.3. The molecule has 1 saturated carbocycles. The van der Waals surface area contributed by atoms with Crippen molar-refractivity contribution in [3.05, 3.63) is 45.3 Å². The number of carbonyl (C=O) groups is 3. The summed E-state index contributed by atoms with van der Waals surface area (Å²) in [6, 6.07) is 4.99. The highest BCUT2D eigenvalue weighted by Crippen LogP contribution is 2.30. The molecule has 1 aliphatic carbocycles. The molecule has 4 rings (SSSR count). The van der Waals surface area contributed by atoms with E-state index in [4.69, 9.17) is 16.0 Å². The second-order valence-electron chi connectivity index (χ2n) is 6.87. The maximum absolute atomic E-state index is 12.7. The van der Waals surface area contributed by atoms with Gasteiger partial charge >= 0.3 is 0 Å². The van der Waals surface area contributed by atoms with Crippen LogP contribution in [0, 0.1) is 0 Å². The summed E-state index contributed by atoms with van der Waals surface area (Å²) in [7, 11) is 0. The Morgan fingerprint density at radius 3 is 2.71 bits per heavy atom. The molecule has 3 amide bonds. The molecule has 0 unspecified atom stereocenters. The van der Waals surface area contributed by atoms with Crippen LogP contribution in [-0.2, 0) is 4.79 Å². The van der Waals surface area contributed by atoms with E-state index in [1.54, 1.807) is 6.07 Å². The van der Waals surface area contributed by atoms with Gasteiger partial charge in [0.25, 0.3) is 11.1 Å². The lowest BCUT2D eigenvalue weighted by Gasteiger charge is -2.36. The number of amides is 3. The van der Waals surface area contributed by atoms with Crippen molar-refractivity contribution in [2.24, 2.45) is 0 Å². The fourth-order valence-electron chi connectivity index (χ4n) is 3.75. The fraction of sp³-hybridized carbons (Fsp3) is 0.368. The van der Waals surface area contributed by atoms with Gasteiger partial charge in [0.1, 0.15) is 5.58 Å². The Labute approximate surface area is 169 Å². The van der Waals surface area contributed by atoms with Gasteiger partial charge in [-0.15, -0.1) is 0 Å². The van der Waals surface area contributed by atoms with Crippen LogP contribution in [0.25, 0.3) is 11.0 Å². The van der Waals surface area contributed by atoms with Crippen LogP contribution in [0.3, 0.4) is 0 Å². The second-order valence-corrected chi connectivity index (χ2v) is 8.23. The molecule has 1 aromatic heterocycles. The van der Waals surface area contributed by atoms with Crippen molar-refractivity contribution < 1.29 is 18.8 Å². The molecule has 9 heteroatoms. The van der Waals surface area contributed by atoms with Crippen LogP contribution in [0.1, 0.15) is 36.2 Å². The SMILES string of the molecule is O=C(N[C@@H]1CCCC[C@@H]1N1C(=O)CSC1=O)c1cc(=O)c2cc(Cl)ccc2o1. The van der Waals surface area contributed by atoms with Gasteiger partial charge in [-0.1, -0.05) is 36.2 Å². The largest absolute Gasteiger partial charge is 0.451 e. The standard InChI is InChI=1S/C19H17ClN2O5S/c20-10-5-6-15-11(7-10)14(23)8-16(27-15)18(25)21-12-3-1-2-4-13(12)22-17(24)9-28-19(22)26/h5-8,12-13H,1-4,9H2,(H,21,25)/t12-,13+/m1/s1. The van der Waals surface area contributed by atoms with Crippen LogP contribution in [0.5, 0.6) is 0 Å². The summed E-state index contributed by atoms with van der Waals surface area (Å²) in [6.45, 7) is 0. The molecule has 1 N–H and O–H groups in total. The van der Waals surface area contributed by atoms with E-state index in [2.05, 4.69) is 5.32 Å². The lowest BCUT2D eigenvalue weighted by atomic mass is 9.89. The summed E-state index contributed by atoms with van der Waals surface area (Å²) in [5.74, 6) is -0.747. The van der Waals surface area contributed by atoms with Gasteiger partial charge in [0.15, 0.2) is 11.2 Å². The van der Waals surface area contributed by atoms with Crippen LogP contribution < -0.4 is 10.7 Å². The molecule has 28 heavy (non-hydrogen) atoms. The molecule has 2 aromatic rings. The number of imide groups is 1. The number of nitrogens with zero attached hydrogens (tertiary/aromatic N) is 1. The monoisotopic (exact) mass is 420 g/mol. The molecule has 2 fully saturated rings. The number of rotatable bonds is 3. The summed E-state index contributed by atoms with van der Waals surface area (Å²) in [5, 5.41) is 3.28. The number of benzene rings is 1. The smallest absolute Gasteiger partial charge is 0.289 e. The molecule has 0 radical (unpaired) electrons. The molecule has 2 heterocycles. The van der Waals surface area contributed by atoms with E-state index in [1.165, 1.54) is 17.0 Å². The predicted molar refractivity (Wildman–Crippen MR) is 106 cm³/mol. The van der Waals surface area contributed by atoms with E-state index in [9.17, 15) is 19.2 Å². The van der Waals surface area contributed by atoms with Crippen LogP contribution in [-0.4, -0.2) is 39.8 Å². The molecule has 1 aliphatic heterocycles. The number of halogens is 1. The van der Waals surface area contributed by atoms with Gasteiger partial charge in [-0.3, -0.25) is 24.1 Å². The van der Waals surface area contributed by atoms with Crippen molar-refractivity contribution in [1.82, 2.24) is 10.2 Å². The summed E-state index contributed by atoms with van der Waals surface area (Å²) in [4.78, 5) is 50.5. The van der Waals surface area contributed by atoms with E-state index < -0.39 is 5.91 Å². The predicted octanol–water partition coefficient (Wildman–Crippen LogP) is 3.18. The molecule has 0 spiro atoms. The molecule has 7 nitrogen and oxygen atoms in total. The molecule has 0 bridgehead atoms. The normalized spacial score (nSPS) is 22.7. The Balaban J connectivity index is 1.59. The van der Waals surface area contributed by atoms with Gasteiger partial charge < -0.3 is 9.73 Å². The number of thioether (sulfide) groups is 1. The van der Waals surface area contributed by atoms with Crippen molar-refractivity contribution in [2.75, 3.05) is 5.75 Å². The van der Waals surface area contributed by atoms with Crippen molar-refractivity contribution >= 4 is 51.4 Å². The summed E-state index contributed by atoms with van der Waals surface area (Å²) in [6.07, 6.45) is 3.05. The van der Waals surface area contributed by atoms with Crippen molar-refractivity contribution in [1.29, 1.82) is 0 Å². The Kier molecular flexibility index (Phi) is 5.16. The Morgan fingerprint density at radius 1 is 1.18 bits per heavy atom. The third-order valence-corrected chi connectivity index (χ3v) is 6.15. The van der Waals surface area contributed by atoms with E-state index in [0.29, 0.717) is 23.3 Å². The Morgan fingerprint density at radius 2 is 1.96 bits per heavy atom. The molecule has 1 aromatic carbocycles. The lowest BCUT2D eigenvalue weighted by molar-refractivity contribution is -0.127. The highest BCUT2D eigenvalue weighted by atomic mass is 35.5. The fourth-order valence-corrected chi connectivity index (χ4v) is 4.69. The Bertz CT molecular complexity index is 1020. The van der Waals surface area contributed by atoms with Crippen molar-refractivity contribution in [2.45, 2.75) is 37.8 Å². The first kappa shape index (κ1) is 19.0. The maximum Gasteiger partial charge on any atom is 0.289 e. The molecular formula is C19H17ClN2O5S. The quantitative estimate of drug-likeness (QED) is 0.819. The minimum atomic E-state index is -0.544. The number of fused-ring (bicyclic) bond motifs is 1. The number of nitrogens with one attached hydrogen (secondary N) is 1. The Hall–Kier alpha value is -2.32. The number of carbonyl (C=O) groups excluding carboxylic acids is 3. The minimum Gasteiger partial charge on any atom is -0.451 e. The summed E-state index contributed by atoms with van der Waals surface area (Å²) in [5.41, 5.74) is -0.0982. The van der Waals surface area contributed by atoms with Crippen LogP contribution >= 0.6 is 23.4 Å². The van der Waals surface area contributed by atoms with Gasteiger partial charge in [0.2, 0.25) is 5.91 Å². The summed E-state index contributed by atoms with van der Waals surface area (Å²) >= 11 is 6.89. The molecular weight excluding hydrogens is 404 g/mol. The van der Waals surface area contributed by atoms with Crippen molar-refractivity contribution in [3.63, 3.8) is 0 Å². The topological polar surface area (TPSA) is 96.7 Å². The zero-order valence-corrected chi connectivity index (χ0v) is 16.3. The van der Waals surface area contributed by atoms with E-state index in [-0.39, 0.29) is 45.8 Å². The zero-order chi connectivity index (χ0) is 19.8. The highest BCUT2D eigenvalue weighted by Gasteiger charge is 2.41. The molecule has 1 saturated heterocycles. The van der Waals surface area contributed by atoms with E-state index in [1.807, 2.05) is 0 Å². The zero-order valence-electron chi connectivity index (χ0n) is 14.8. The molecule has 2 aliphatic rings. The van der Waals surface area contributed by atoms with Crippen LogP contribution in [0.2, 0.25) is 5.02 Å². The third kappa shape index (κ3) is 3.54. The second kappa shape index (κ2) is 7.60. The average Bonchev–Trinajstić information content (AvgIpc) is 3.01.